The van der Waals surface area contributed by atoms with Crippen molar-refractivity contribution in [2.75, 3.05) is 5.43 Å². The molecule has 1 rings (SSSR count). The summed E-state index contributed by atoms with van der Waals surface area (Å²) in [4.78, 5) is -0.0866. The summed E-state index contributed by atoms with van der Waals surface area (Å²) in [6, 6.07) is 2.28. The van der Waals surface area contributed by atoms with E-state index in [2.05, 4.69) is 5.43 Å². The minimum absolute atomic E-state index is 0.0387. The molecule has 0 aliphatic carbocycles. The highest BCUT2D eigenvalue weighted by Gasteiger charge is 2.29. The van der Waals surface area contributed by atoms with Gasteiger partial charge < -0.3 is 5.43 Å². The lowest BCUT2D eigenvalue weighted by molar-refractivity contribution is -0.0328. The number of benzene rings is 1. The van der Waals surface area contributed by atoms with Crippen LogP contribution in [0.2, 0.25) is 10.0 Å². The zero-order valence-corrected chi connectivity index (χ0v) is 9.36. The summed E-state index contributed by atoms with van der Waals surface area (Å²) in [5.74, 6) is 5.08. The first kappa shape index (κ1) is 12.8. The molecule has 0 radical (unpaired) electrons. The number of anilines is 1. The van der Waals surface area contributed by atoms with Gasteiger partial charge in [0.15, 0.2) is 0 Å². The fourth-order valence-corrected chi connectivity index (χ4v) is 2.23. The van der Waals surface area contributed by atoms with Gasteiger partial charge in [0.1, 0.15) is 0 Å². The number of thioether (sulfide) groups is 1. The first-order valence-corrected chi connectivity index (χ1v) is 5.12. The summed E-state index contributed by atoms with van der Waals surface area (Å²) in [7, 11) is 0. The van der Waals surface area contributed by atoms with E-state index in [1.165, 1.54) is 0 Å². The van der Waals surface area contributed by atoms with Crippen molar-refractivity contribution >= 4 is 40.7 Å². The molecule has 3 N–H and O–H groups in total. The normalized spacial score (nSPS) is 11.6. The number of hydrazine groups is 1. The Labute approximate surface area is 97.9 Å². The van der Waals surface area contributed by atoms with E-state index in [0.717, 1.165) is 12.1 Å². The van der Waals surface area contributed by atoms with Gasteiger partial charge in [0, 0.05) is 4.90 Å². The maximum Gasteiger partial charge on any atom is 0.446 e. The number of nitrogens with two attached hydrogens (primary N) is 1. The van der Waals surface area contributed by atoms with Crippen LogP contribution < -0.4 is 11.3 Å². The fourth-order valence-electron chi connectivity index (χ4n) is 0.880. The van der Waals surface area contributed by atoms with Crippen LogP contribution in [0, 0.1) is 0 Å². The van der Waals surface area contributed by atoms with Crippen LogP contribution in [-0.4, -0.2) is 5.51 Å². The predicted octanol–water partition coefficient (Wildman–Crippen LogP) is 3.89. The molecule has 0 bridgehead atoms. The Balaban J connectivity index is 3.04. The Morgan fingerprint density at radius 1 is 1.20 bits per heavy atom. The summed E-state index contributed by atoms with van der Waals surface area (Å²) < 4.78 is 36.1. The van der Waals surface area contributed by atoms with Crippen LogP contribution in [-0.2, 0) is 0 Å². The van der Waals surface area contributed by atoms with E-state index >= 15 is 0 Å². The van der Waals surface area contributed by atoms with Crippen LogP contribution in [0.1, 0.15) is 0 Å². The van der Waals surface area contributed by atoms with Gasteiger partial charge in [0.25, 0.3) is 0 Å². The van der Waals surface area contributed by atoms with Gasteiger partial charge in [-0.2, -0.15) is 13.2 Å². The number of hydrogen-bond donors (Lipinski definition) is 2. The van der Waals surface area contributed by atoms with Gasteiger partial charge in [-0.15, -0.1) is 0 Å². The third-order valence-electron chi connectivity index (χ3n) is 1.39. The van der Waals surface area contributed by atoms with Crippen molar-refractivity contribution in [1.29, 1.82) is 0 Å². The van der Waals surface area contributed by atoms with Crippen molar-refractivity contribution in [2.24, 2.45) is 5.84 Å². The average molecular weight is 277 g/mol. The molecule has 0 heterocycles. The summed E-state index contributed by atoms with van der Waals surface area (Å²) in [6.07, 6.45) is 0. The van der Waals surface area contributed by atoms with Crippen molar-refractivity contribution in [3.05, 3.63) is 22.2 Å². The average Bonchev–Trinajstić information content (AvgIpc) is 1.99. The SMILES string of the molecule is NNc1c(Cl)cc(SC(F)(F)F)cc1Cl. The monoisotopic (exact) mass is 276 g/mol. The highest BCUT2D eigenvalue weighted by Crippen LogP contribution is 2.41. The molecule has 8 heteroatoms. The molecule has 0 fully saturated rings. The molecule has 0 spiro atoms. The predicted molar refractivity (Wildman–Crippen MR) is 56.2 cm³/mol. The first-order valence-electron chi connectivity index (χ1n) is 3.55. The lowest BCUT2D eigenvalue weighted by Crippen LogP contribution is -2.08. The first-order chi connectivity index (χ1) is 6.83. The lowest BCUT2D eigenvalue weighted by Gasteiger charge is -2.10. The van der Waals surface area contributed by atoms with E-state index in [-0.39, 0.29) is 32.4 Å². The molecule has 0 saturated heterocycles. The van der Waals surface area contributed by atoms with Crippen molar-refractivity contribution in [1.82, 2.24) is 0 Å². The Morgan fingerprint density at radius 2 is 1.67 bits per heavy atom. The zero-order chi connectivity index (χ0) is 11.6. The topological polar surface area (TPSA) is 38.0 Å². The van der Waals surface area contributed by atoms with Crippen LogP contribution in [0.25, 0.3) is 0 Å². The number of nitrogens with one attached hydrogen (secondary N) is 1. The quantitative estimate of drug-likeness (QED) is 0.489. The second-order valence-electron chi connectivity index (χ2n) is 2.45. The molecule has 1 aromatic carbocycles. The maximum atomic E-state index is 12.0. The van der Waals surface area contributed by atoms with Crippen LogP contribution >= 0.6 is 35.0 Å². The number of hydrogen-bond acceptors (Lipinski definition) is 3. The molecule has 0 saturated carbocycles. The van der Waals surface area contributed by atoms with E-state index in [4.69, 9.17) is 29.0 Å². The molecule has 0 aliphatic rings. The molecule has 0 unspecified atom stereocenters. The van der Waals surface area contributed by atoms with Gasteiger partial charge in [-0.3, -0.25) is 5.84 Å². The van der Waals surface area contributed by atoms with E-state index < -0.39 is 5.51 Å². The van der Waals surface area contributed by atoms with Crippen molar-refractivity contribution in [2.45, 2.75) is 10.4 Å². The van der Waals surface area contributed by atoms with Crippen molar-refractivity contribution in [3.8, 4) is 0 Å². The second-order valence-corrected chi connectivity index (χ2v) is 4.41. The molecular weight excluding hydrogens is 272 g/mol. The summed E-state index contributed by atoms with van der Waals surface area (Å²) in [5, 5.41) is 0.0773. The Kier molecular flexibility index (Phi) is 3.99. The van der Waals surface area contributed by atoms with Crippen LogP contribution in [0.3, 0.4) is 0 Å². The van der Waals surface area contributed by atoms with Gasteiger partial charge >= 0.3 is 5.51 Å². The van der Waals surface area contributed by atoms with E-state index in [1.807, 2.05) is 0 Å². The minimum atomic E-state index is -4.37. The molecule has 1 aromatic rings. The van der Waals surface area contributed by atoms with Crippen molar-refractivity contribution < 1.29 is 13.2 Å². The van der Waals surface area contributed by atoms with Crippen LogP contribution in [0.15, 0.2) is 17.0 Å². The molecule has 0 amide bonds. The van der Waals surface area contributed by atoms with Crippen LogP contribution in [0.5, 0.6) is 0 Å². The summed E-state index contributed by atoms with van der Waals surface area (Å²) >= 11 is 11.0. The molecular formula is C7H5Cl2F3N2S. The molecule has 0 aromatic heterocycles. The number of alkyl halides is 3. The van der Waals surface area contributed by atoms with E-state index in [9.17, 15) is 13.2 Å². The third kappa shape index (κ3) is 3.64. The zero-order valence-electron chi connectivity index (χ0n) is 7.03. The number of halogens is 5. The molecule has 0 atom stereocenters. The summed E-state index contributed by atoms with van der Waals surface area (Å²) in [5.41, 5.74) is -1.97. The largest absolute Gasteiger partial charge is 0.446 e. The van der Waals surface area contributed by atoms with Gasteiger partial charge in [0.05, 0.1) is 15.7 Å². The number of rotatable bonds is 2. The molecule has 2 nitrogen and oxygen atoms in total. The Hall–Kier alpha value is -0.300. The Bertz CT molecular complexity index is 347. The number of nitrogen functional groups attached to an aromatic ring is 1. The van der Waals surface area contributed by atoms with Gasteiger partial charge in [0.2, 0.25) is 0 Å². The van der Waals surface area contributed by atoms with Crippen molar-refractivity contribution in [3.63, 3.8) is 0 Å². The fraction of sp³-hybridized carbons (Fsp3) is 0.143. The van der Waals surface area contributed by atoms with Gasteiger partial charge in [-0.25, -0.2) is 0 Å². The summed E-state index contributed by atoms with van der Waals surface area (Å²) in [6.45, 7) is 0. The standard InChI is InChI=1S/C7H5Cl2F3N2S/c8-4-1-3(15-7(10,11)12)2-5(9)6(4)14-13/h1-2,14H,13H2. The maximum absolute atomic E-state index is 12.0. The minimum Gasteiger partial charge on any atom is -0.321 e. The van der Waals surface area contributed by atoms with Gasteiger partial charge in [-0.1, -0.05) is 23.2 Å². The molecule has 84 valence electrons. The van der Waals surface area contributed by atoms with E-state index in [1.54, 1.807) is 0 Å². The van der Waals surface area contributed by atoms with E-state index in [0.29, 0.717) is 0 Å². The highest BCUT2D eigenvalue weighted by molar-refractivity contribution is 8.00. The Morgan fingerprint density at radius 3 is 2.00 bits per heavy atom. The highest BCUT2D eigenvalue weighted by atomic mass is 35.5. The van der Waals surface area contributed by atoms with Crippen LogP contribution in [0.4, 0.5) is 18.9 Å². The lowest BCUT2D eigenvalue weighted by atomic mass is 10.3. The second kappa shape index (κ2) is 4.69. The molecule has 0 aliphatic heterocycles. The van der Waals surface area contributed by atoms with Gasteiger partial charge in [-0.05, 0) is 23.9 Å². The smallest absolute Gasteiger partial charge is 0.321 e. The third-order valence-corrected chi connectivity index (χ3v) is 2.69. The molecule has 15 heavy (non-hydrogen) atoms.